The number of ether oxygens (including phenoxy) is 1. The first-order valence-corrected chi connectivity index (χ1v) is 6.73. The van der Waals surface area contributed by atoms with Crippen LogP contribution < -0.4 is 0 Å². The van der Waals surface area contributed by atoms with E-state index in [0.29, 0.717) is 6.04 Å². The van der Waals surface area contributed by atoms with Crippen LogP contribution in [0.25, 0.3) is 0 Å². The Morgan fingerprint density at radius 1 is 1.19 bits per heavy atom. The number of hydrogen-bond donors (Lipinski definition) is 1. The van der Waals surface area contributed by atoms with Crippen LogP contribution in [0.4, 0.5) is 0 Å². The molecule has 94 valence electrons. The highest BCUT2D eigenvalue weighted by atomic mass is 16.5. The van der Waals surface area contributed by atoms with E-state index in [1.807, 2.05) is 0 Å². The van der Waals surface area contributed by atoms with Crippen molar-refractivity contribution in [2.45, 2.75) is 50.7 Å². The first kappa shape index (κ1) is 12.3. The second-order valence-electron chi connectivity index (χ2n) is 5.42. The van der Waals surface area contributed by atoms with Crippen molar-refractivity contribution < 1.29 is 9.84 Å². The molecule has 2 rings (SSSR count). The number of nitrogens with zero attached hydrogens (tertiary/aromatic N) is 1. The molecule has 0 aromatic carbocycles. The average Bonchev–Trinajstić information content (AvgIpc) is 3.08. The van der Waals surface area contributed by atoms with Crippen LogP contribution in [0, 0.1) is 5.92 Å². The average molecular weight is 227 g/mol. The molecule has 0 aromatic rings. The quantitative estimate of drug-likeness (QED) is 0.700. The van der Waals surface area contributed by atoms with E-state index in [2.05, 4.69) is 11.9 Å². The van der Waals surface area contributed by atoms with Crippen molar-refractivity contribution in [1.29, 1.82) is 0 Å². The summed E-state index contributed by atoms with van der Waals surface area (Å²) in [7, 11) is 2.11. The van der Waals surface area contributed by atoms with Gasteiger partial charge in [-0.2, -0.15) is 0 Å². The second-order valence-corrected chi connectivity index (χ2v) is 5.42. The fourth-order valence-corrected chi connectivity index (χ4v) is 2.51. The summed E-state index contributed by atoms with van der Waals surface area (Å²) in [6.45, 7) is 2.71. The summed E-state index contributed by atoms with van der Waals surface area (Å²) in [6, 6.07) is 0.360. The summed E-state index contributed by atoms with van der Waals surface area (Å²) in [5.74, 6) is 0.852. The molecule has 16 heavy (non-hydrogen) atoms. The summed E-state index contributed by atoms with van der Waals surface area (Å²) in [4.78, 5) is 2.27. The Kier molecular flexibility index (Phi) is 4.62. The highest BCUT2D eigenvalue weighted by Crippen LogP contribution is 2.28. The van der Waals surface area contributed by atoms with Crippen molar-refractivity contribution in [2.75, 3.05) is 26.8 Å². The van der Waals surface area contributed by atoms with Crippen molar-refractivity contribution in [3.05, 3.63) is 0 Å². The highest BCUT2D eigenvalue weighted by Gasteiger charge is 2.26. The lowest BCUT2D eigenvalue weighted by Crippen LogP contribution is -2.44. The van der Waals surface area contributed by atoms with Gasteiger partial charge in [-0.05, 0) is 38.6 Å². The van der Waals surface area contributed by atoms with Gasteiger partial charge < -0.3 is 9.84 Å². The molecule has 2 atom stereocenters. The van der Waals surface area contributed by atoms with Crippen molar-refractivity contribution in [3.63, 3.8) is 0 Å². The molecule has 0 unspecified atom stereocenters. The first-order chi connectivity index (χ1) is 7.77. The van der Waals surface area contributed by atoms with Crippen molar-refractivity contribution >= 4 is 0 Å². The van der Waals surface area contributed by atoms with Crippen molar-refractivity contribution in [1.82, 2.24) is 4.90 Å². The zero-order chi connectivity index (χ0) is 11.4. The van der Waals surface area contributed by atoms with Gasteiger partial charge in [0, 0.05) is 19.2 Å². The molecule has 0 saturated heterocycles. The molecule has 3 nitrogen and oxygen atoms in total. The molecule has 3 heteroatoms. The predicted molar refractivity (Wildman–Crippen MR) is 64.4 cm³/mol. The topological polar surface area (TPSA) is 32.7 Å². The molecule has 2 aliphatic carbocycles. The Morgan fingerprint density at radius 2 is 1.94 bits per heavy atom. The molecule has 2 aliphatic rings. The molecule has 2 saturated carbocycles. The number of aliphatic hydroxyl groups is 1. The predicted octanol–water partition coefficient (Wildman–Crippen LogP) is 1.65. The number of rotatable bonds is 6. The lowest BCUT2D eigenvalue weighted by Gasteiger charge is -2.35. The molecule has 0 aliphatic heterocycles. The van der Waals surface area contributed by atoms with E-state index in [9.17, 15) is 5.11 Å². The molecule has 1 N–H and O–H groups in total. The van der Waals surface area contributed by atoms with E-state index in [4.69, 9.17) is 4.74 Å². The lowest BCUT2D eigenvalue weighted by atomic mass is 9.92. The normalized spacial score (nSPS) is 30.9. The van der Waals surface area contributed by atoms with E-state index in [1.54, 1.807) is 0 Å². The van der Waals surface area contributed by atoms with Gasteiger partial charge in [-0.3, -0.25) is 4.90 Å². The van der Waals surface area contributed by atoms with Crippen molar-refractivity contribution in [3.8, 4) is 0 Å². The zero-order valence-corrected chi connectivity index (χ0v) is 10.4. The maximum absolute atomic E-state index is 9.91. The Bertz CT molecular complexity index is 206. The lowest BCUT2D eigenvalue weighted by molar-refractivity contribution is 0.0156. The smallest absolute Gasteiger partial charge is 0.0695 e. The summed E-state index contributed by atoms with van der Waals surface area (Å²) < 4.78 is 5.63. The van der Waals surface area contributed by atoms with E-state index >= 15 is 0 Å². The Labute approximate surface area is 98.8 Å². The van der Waals surface area contributed by atoms with E-state index in [-0.39, 0.29) is 6.10 Å². The molecular weight excluding hydrogens is 202 g/mol. The van der Waals surface area contributed by atoms with Crippen LogP contribution in [0.2, 0.25) is 0 Å². The third-order valence-corrected chi connectivity index (χ3v) is 3.90. The van der Waals surface area contributed by atoms with Gasteiger partial charge in [0.05, 0.1) is 12.7 Å². The van der Waals surface area contributed by atoms with Gasteiger partial charge >= 0.3 is 0 Å². The van der Waals surface area contributed by atoms with Gasteiger partial charge in [0.1, 0.15) is 0 Å². The van der Waals surface area contributed by atoms with Crippen LogP contribution in [0.1, 0.15) is 38.5 Å². The maximum atomic E-state index is 9.91. The number of aliphatic hydroxyl groups excluding tert-OH is 1. The van der Waals surface area contributed by atoms with Gasteiger partial charge in [0.25, 0.3) is 0 Å². The SMILES string of the molecule is CN(CCOCC1CC1)[C@H]1CCCC[C@@H]1O. The highest BCUT2D eigenvalue weighted by molar-refractivity contribution is 4.81. The second kappa shape index (κ2) is 5.99. The summed E-state index contributed by atoms with van der Waals surface area (Å²) >= 11 is 0. The summed E-state index contributed by atoms with van der Waals surface area (Å²) in [5.41, 5.74) is 0. The largest absolute Gasteiger partial charge is 0.391 e. The van der Waals surface area contributed by atoms with Gasteiger partial charge in [0.15, 0.2) is 0 Å². The van der Waals surface area contributed by atoms with Crippen LogP contribution in [-0.2, 0) is 4.74 Å². The van der Waals surface area contributed by atoms with E-state index in [0.717, 1.165) is 38.5 Å². The van der Waals surface area contributed by atoms with E-state index < -0.39 is 0 Å². The molecule has 0 aromatic heterocycles. The Balaban J connectivity index is 1.59. The van der Waals surface area contributed by atoms with Crippen LogP contribution in [0.5, 0.6) is 0 Å². The Hall–Kier alpha value is -0.120. The van der Waals surface area contributed by atoms with Gasteiger partial charge in [-0.15, -0.1) is 0 Å². The van der Waals surface area contributed by atoms with Crippen LogP contribution >= 0.6 is 0 Å². The fourth-order valence-electron chi connectivity index (χ4n) is 2.51. The van der Waals surface area contributed by atoms with Gasteiger partial charge in [0.2, 0.25) is 0 Å². The molecular formula is C13H25NO2. The fraction of sp³-hybridized carbons (Fsp3) is 1.00. The minimum absolute atomic E-state index is 0.123. The molecule has 0 amide bonds. The maximum Gasteiger partial charge on any atom is 0.0695 e. The molecule has 0 radical (unpaired) electrons. The molecule has 0 bridgehead atoms. The minimum Gasteiger partial charge on any atom is -0.391 e. The van der Waals surface area contributed by atoms with E-state index in [1.165, 1.54) is 25.7 Å². The first-order valence-electron chi connectivity index (χ1n) is 6.73. The third kappa shape index (κ3) is 3.72. The molecule has 2 fully saturated rings. The Morgan fingerprint density at radius 3 is 2.62 bits per heavy atom. The molecule has 0 spiro atoms. The van der Waals surface area contributed by atoms with Crippen LogP contribution in [0.15, 0.2) is 0 Å². The summed E-state index contributed by atoms with van der Waals surface area (Å²) in [5, 5.41) is 9.91. The van der Waals surface area contributed by atoms with Crippen molar-refractivity contribution in [2.24, 2.45) is 5.92 Å². The summed E-state index contributed by atoms with van der Waals surface area (Å²) in [6.07, 6.45) is 7.15. The monoisotopic (exact) mass is 227 g/mol. The number of hydrogen-bond acceptors (Lipinski definition) is 3. The minimum atomic E-state index is -0.123. The third-order valence-electron chi connectivity index (χ3n) is 3.90. The molecule has 0 heterocycles. The van der Waals surface area contributed by atoms with Gasteiger partial charge in [-0.1, -0.05) is 12.8 Å². The van der Waals surface area contributed by atoms with Crippen LogP contribution in [0.3, 0.4) is 0 Å². The van der Waals surface area contributed by atoms with Crippen LogP contribution in [-0.4, -0.2) is 49.0 Å². The standard InChI is InChI=1S/C13H25NO2/c1-14(8-9-16-10-11-6-7-11)12-4-2-3-5-13(12)15/h11-13,15H,2-10H2,1H3/t12-,13-/m0/s1. The number of likely N-dealkylation sites (N-methyl/N-ethyl adjacent to an activating group) is 1. The van der Waals surface area contributed by atoms with Gasteiger partial charge in [-0.25, -0.2) is 0 Å². The zero-order valence-electron chi connectivity index (χ0n) is 10.4.